The van der Waals surface area contributed by atoms with Crippen molar-refractivity contribution in [2.45, 2.75) is 26.6 Å². The Balaban J connectivity index is 0.00000338. The van der Waals surface area contributed by atoms with Gasteiger partial charge in [0.1, 0.15) is 5.75 Å². The van der Waals surface area contributed by atoms with E-state index in [0.29, 0.717) is 6.54 Å². The Kier molecular flexibility index (Phi) is 8.19. The summed E-state index contributed by atoms with van der Waals surface area (Å²) >= 11 is 0. The summed E-state index contributed by atoms with van der Waals surface area (Å²) in [6.07, 6.45) is -4.35. The van der Waals surface area contributed by atoms with Crippen LogP contribution in [0.15, 0.2) is 47.5 Å². The summed E-state index contributed by atoms with van der Waals surface area (Å²) in [5.74, 6) is 0.425. The number of ether oxygens (including phenoxy) is 1. The summed E-state index contributed by atoms with van der Waals surface area (Å²) in [7, 11) is 0. The lowest BCUT2D eigenvalue weighted by molar-refractivity contribution is -0.153. The van der Waals surface area contributed by atoms with Crippen molar-refractivity contribution in [3.8, 4) is 5.75 Å². The summed E-state index contributed by atoms with van der Waals surface area (Å²) in [6.45, 7) is 2.99. The maximum Gasteiger partial charge on any atom is 0.422 e. The van der Waals surface area contributed by atoms with E-state index in [1.807, 2.05) is 26.0 Å². The molecule has 0 aliphatic rings. The lowest BCUT2D eigenvalue weighted by Gasteiger charge is -2.10. The Labute approximate surface area is 167 Å². The molecule has 0 radical (unpaired) electrons. The van der Waals surface area contributed by atoms with Crippen LogP contribution in [-0.4, -0.2) is 18.7 Å². The number of halogens is 4. The Bertz CT molecular complexity index is 726. The Morgan fingerprint density at radius 1 is 1.08 bits per heavy atom. The lowest BCUT2D eigenvalue weighted by Crippen LogP contribution is -2.22. The molecule has 0 aromatic heterocycles. The second kappa shape index (κ2) is 9.65. The van der Waals surface area contributed by atoms with Gasteiger partial charge in [-0.1, -0.05) is 18.2 Å². The molecule has 26 heavy (non-hydrogen) atoms. The number of rotatable bonds is 5. The van der Waals surface area contributed by atoms with Crippen LogP contribution in [0.5, 0.6) is 5.75 Å². The minimum absolute atomic E-state index is 0. The molecular formula is C18H21F3IN3O. The fraction of sp³-hybridized carbons (Fsp3) is 0.278. The molecule has 2 aromatic rings. The molecule has 4 nitrogen and oxygen atoms in total. The average Bonchev–Trinajstić information content (AvgIpc) is 2.50. The van der Waals surface area contributed by atoms with Crippen molar-refractivity contribution in [2.24, 2.45) is 10.7 Å². The Morgan fingerprint density at radius 3 is 2.19 bits per heavy atom. The number of nitrogens with one attached hydrogen (secondary N) is 1. The van der Waals surface area contributed by atoms with Crippen molar-refractivity contribution < 1.29 is 17.9 Å². The van der Waals surface area contributed by atoms with Crippen LogP contribution in [-0.2, 0) is 6.54 Å². The van der Waals surface area contributed by atoms with Crippen LogP contribution < -0.4 is 15.8 Å². The van der Waals surface area contributed by atoms with Crippen molar-refractivity contribution in [2.75, 3.05) is 11.9 Å². The predicted octanol–water partition coefficient (Wildman–Crippen LogP) is 4.79. The van der Waals surface area contributed by atoms with Crippen molar-refractivity contribution in [3.05, 3.63) is 59.2 Å². The van der Waals surface area contributed by atoms with Crippen molar-refractivity contribution in [1.29, 1.82) is 0 Å². The van der Waals surface area contributed by atoms with Gasteiger partial charge in [0.05, 0.1) is 6.54 Å². The first-order valence-electron chi connectivity index (χ1n) is 7.65. The molecule has 0 atom stereocenters. The third-order valence-corrected chi connectivity index (χ3v) is 3.25. The van der Waals surface area contributed by atoms with E-state index in [9.17, 15) is 13.2 Å². The number of aryl methyl sites for hydroxylation is 2. The van der Waals surface area contributed by atoms with E-state index in [-0.39, 0.29) is 35.7 Å². The fourth-order valence-electron chi connectivity index (χ4n) is 2.27. The van der Waals surface area contributed by atoms with E-state index in [4.69, 9.17) is 5.73 Å². The number of guanidine groups is 1. The van der Waals surface area contributed by atoms with Crippen LogP contribution in [0, 0.1) is 13.8 Å². The molecular weight excluding hydrogens is 458 g/mol. The highest BCUT2D eigenvalue weighted by atomic mass is 127. The highest BCUT2D eigenvalue weighted by Crippen LogP contribution is 2.19. The molecule has 0 amide bonds. The molecule has 142 valence electrons. The van der Waals surface area contributed by atoms with E-state index in [0.717, 1.165) is 22.4 Å². The van der Waals surface area contributed by atoms with Crippen LogP contribution in [0.2, 0.25) is 0 Å². The molecule has 2 rings (SSSR count). The number of aliphatic imine (C=N–C) groups is 1. The molecule has 0 unspecified atom stereocenters. The molecule has 0 spiro atoms. The molecule has 0 saturated heterocycles. The molecule has 0 saturated carbocycles. The monoisotopic (exact) mass is 479 g/mol. The Morgan fingerprint density at radius 2 is 1.65 bits per heavy atom. The molecule has 0 fully saturated rings. The van der Waals surface area contributed by atoms with Gasteiger partial charge in [-0.25, -0.2) is 4.99 Å². The molecule has 8 heteroatoms. The number of hydrogen-bond acceptors (Lipinski definition) is 2. The predicted molar refractivity (Wildman–Crippen MR) is 108 cm³/mol. The van der Waals surface area contributed by atoms with Gasteiger partial charge < -0.3 is 15.8 Å². The van der Waals surface area contributed by atoms with Gasteiger partial charge in [-0.2, -0.15) is 13.2 Å². The number of nitrogens with two attached hydrogens (primary N) is 1. The second-order valence-corrected chi connectivity index (χ2v) is 5.75. The molecule has 3 N–H and O–H groups in total. The Hall–Kier alpha value is -1.97. The molecule has 0 bridgehead atoms. The smallest absolute Gasteiger partial charge is 0.422 e. The highest BCUT2D eigenvalue weighted by molar-refractivity contribution is 14.0. The largest absolute Gasteiger partial charge is 0.484 e. The van der Waals surface area contributed by atoms with Gasteiger partial charge >= 0.3 is 6.18 Å². The van der Waals surface area contributed by atoms with E-state index in [1.165, 1.54) is 12.1 Å². The molecule has 2 aromatic carbocycles. The topological polar surface area (TPSA) is 59.6 Å². The van der Waals surface area contributed by atoms with Crippen molar-refractivity contribution in [1.82, 2.24) is 0 Å². The zero-order valence-corrected chi connectivity index (χ0v) is 16.8. The second-order valence-electron chi connectivity index (χ2n) is 5.75. The number of hydrogen-bond donors (Lipinski definition) is 2. The number of anilines is 1. The van der Waals surface area contributed by atoms with Crippen molar-refractivity contribution in [3.63, 3.8) is 0 Å². The fourth-order valence-corrected chi connectivity index (χ4v) is 2.27. The van der Waals surface area contributed by atoms with Gasteiger partial charge in [-0.15, -0.1) is 24.0 Å². The molecule has 0 heterocycles. The minimum atomic E-state index is -4.35. The zero-order chi connectivity index (χ0) is 18.4. The quantitative estimate of drug-likeness (QED) is 0.369. The first kappa shape index (κ1) is 22.1. The standard InChI is InChI=1S/C18H20F3N3O.HI/c1-12-7-13(2)9-15(8-12)24-17(22)23-10-14-3-5-16(6-4-14)25-11-18(19,20)21;/h3-9H,10-11H2,1-2H3,(H3,22,23,24);1H. The van der Waals surface area contributed by atoms with Gasteiger partial charge in [0.25, 0.3) is 0 Å². The SMILES string of the molecule is Cc1cc(C)cc(NC(N)=NCc2ccc(OCC(F)(F)F)cc2)c1.I. The summed E-state index contributed by atoms with van der Waals surface area (Å²) in [4.78, 5) is 4.23. The van der Waals surface area contributed by atoms with Gasteiger partial charge in [0.15, 0.2) is 12.6 Å². The summed E-state index contributed by atoms with van der Waals surface area (Å²) < 4.78 is 40.9. The lowest BCUT2D eigenvalue weighted by atomic mass is 10.1. The minimum Gasteiger partial charge on any atom is -0.484 e. The normalized spacial score (nSPS) is 11.7. The third kappa shape index (κ3) is 7.94. The van der Waals surface area contributed by atoms with Crippen molar-refractivity contribution >= 4 is 35.6 Å². The van der Waals surface area contributed by atoms with E-state index >= 15 is 0 Å². The van der Waals surface area contributed by atoms with Crippen LogP contribution >= 0.6 is 24.0 Å². The number of nitrogens with zero attached hydrogens (tertiary/aromatic N) is 1. The first-order chi connectivity index (χ1) is 11.7. The molecule has 0 aliphatic carbocycles. The molecule has 0 aliphatic heterocycles. The average molecular weight is 479 g/mol. The van der Waals surface area contributed by atoms with Gasteiger partial charge in [0.2, 0.25) is 0 Å². The maximum atomic E-state index is 12.1. The highest BCUT2D eigenvalue weighted by Gasteiger charge is 2.28. The summed E-state index contributed by atoms with van der Waals surface area (Å²) in [5, 5.41) is 3.02. The van der Waals surface area contributed by atoms with Gasteiger partial charge in [0, 0.05) is 5.69 Å². The van der Waals surface area contributed by atoms with Crippen LogP contribution in [0.3, 0.4) is 0 Å². The zero-order valence-electron chi connectivity index (χ0n) is 14.4. The van der Waals surface area contributed by atoms with Gasteiger partial charge in [-0.05, 0) is 54.8 Å². The number of alkyl halides is 3. The van der Waals surface area contributed by atoms with Gasteiger partial charge in [-0.3, -0.25) is 0 Å². The summed E-state index contributed by atoms with van der Waals surface area (Å²) in [6, 6.07) is 12.2. The van der Waals surface area contributed by atoms with Crippen LogP contribution in [0.1, 0.15) is 16.7 Å². The summed E-state index contributed by atoms with van der Waals surface area (Å²) in [5.41, 5.74) is 9.77. The van der Waals surface area contributed by atoms with E-state index in [2.05, 4.69) is 21.1 Å². The number of benzene rings is 2. The first-order valence-corrected chi connectivity index (χ1v) is 7.65. The van der Waals surface area contributed by atoms with Crippen LogP contribution in [0.4, 0.5) is 18.9 Å². The third-order valence-electron chi connectivity index (χ3n) is 3.25. The maximum absolute atomic E-state index is 12.1. The van der Waals surface area contributed by atoms with E-state index in [1.54, 1.807) is 12.1 Å². The van der Waals surface area contributed by atoms with Crippen LogP contribution in [0.25, 0.3) is 0 Å². The van der Waals surface area contributed by atoms with E-state index < -0.39 is 12.8 Å².